The summed E-state index contributed by atoms with van der Waals surface area (Å²) in [6.45, 7) is 8.81. The molecule has 17 heavy (non-hydrogen) atoms. The first kappa shape index (κ1) is 13.4. The topological polar surface area (TPSA) is 24.9 Å². The van der Waals surface area contributed by atoms with Gasteiger partial charge in [-0.25, -0.2) is 4.98 Å². The smallest absolute Gasteiger partial charge is 0.0981 e. The summed E-state index contributed by atoms with van der Waals surface area (Å²) < 4.78 is 0. The highest BCUT2D eigenvalue weighted by Crippen LogP contribution is 2.27. The summed E-state index contributed by atoms with van der Waals surface area (Å²) >= 11 is 3.93. The molecule has 1 unspecified atom stereocenters. The molecule has 1 fully saturated rings. The monoisotopic (exact) mass is 270 g/mol. The standard InChI is InChI=1S/C13H22N2S2/c1-13(2,3)12-15-8-11(17-12)7-14-6-10-4-5-16-9-10/h8,10,14H,4-7,9H2,1-3H3. The highest BCUT2D eigenvalue weighted by atomic mass is 32.2. The van der Waals surface area contributed by atoms with Crippen molar-refractivity contribution in [3.8, 4) is 0 Å². The molecule has 2 nitrogen and oxygen atoms in total. The molecular formula is C13H22N2S2. The second kappa shape index (κ2) is 5.72. The largest absolute Gasteiger partial charge is 0.311 e. The molecule has 2 rings (SSSR count). The highest BCUT2D eigenvalue weighted by Gasteiger charge is 2.18. The number of aromatic nitrogens is 1. The van der Waals surface area contributed by atoms with Gasteiger partial charge in [0.05, 0.1) is 5.01 Å². The van der Waals surface area contributed by atoms with Gasteiger partial charge in [-0.2, -0.15) is 11.8 Å². The highest BCUT2D eigenvalue weighted by molar-refractivity contribution is 7.99. The van der Waals surface area contributed by atoms with Crippen molar-refractivity contribution in [3.63, 3.8) is 0 Å². The fourth-order valence-electron chi connectivity index (χ4n) is 1.88. The number of hydrogen-bond donors (Lipinski definition) is 1. The molecule has 0 spiro atoms. The van der Waals surface area contributed by atoms with Crippen LogP contribution in [0.3, 0.4) is 0 Å². The van der Waals surface area contributed by atoms with Gasteiger partial charge in [-0.3, -0.25) is 0 Å². The van der Waals surface area contributed by atoms with Crippen molar-refractivity contribution in [1.82, 2.24) is 10.3 Å². The van der Waals surface area contributed by atoms with E-state index < -0.39 is 0 Å². The van der Waals surface area contributed by atoms with Gasteiger partial charge in [-0.05, 0) is 30.4 Å². The minimum Gasteiger partial charge on any atom is -0.311 e. The summed E-state index contributed by atoms with van der Waals surface area (Å²) in [5.74, 6) is 3.57. The summed E-state index contributed by atoms with van der Waals surface area (Å²) in [6, 6.07) is 0. The number of rotatable bonds is 4. The summed E-state index contributed by atoms with van der Waals surface area (Å²) in [7, 11) is 0. The first-order valence-electron chi connectivity index (χ1n) is 6.29. The lowest BCUT2D eigenvalue weighted by atomic mass is 9.98. The van der Waals surface area contributed by atoms with E-state index in [4.69, 9.17) is 0 Å². The van der Waals surface area contributed by atoms with E-state index in [0.29, 0.717) is 0 Å². The maximum atomic E-state index is 4.51. The van der Waals surface area contributed by atoms with Gasteiger partial charge in [0, 0.05) is 23.0 Å². The Hall–Kier alpha value is -0.0600. The Bertz CT molecular complexity index is 349. The fourth-order valence-corrected chi connectivity index (χ4v) is 4.10. The summed E-state index contributed by atoms with van der Waals surface area (Å²) in [5.41, 5.74) is 0.186. The van der Waals surface area contributed by atoms with E-state index in [1.165, 1.54) is 27.8 Å². The van der Waals surface area contributed by atoms with E-state index in [2.05, 4.69) is 42.8 Å². The second-order valence-electron chi connectivity index (χ2n) is 5.74. The van der Waals surface area contributed by atoms with Crippen LogP contribution >= 0.6 is 23.1 Å². The molecule has 1 N–H and O–H groups in total. The minimum atomic E-state index is 0.186. The molecule has 0 aromatic carbocycles. The molecule has 96 valence electrons. The molecule has 2 heterocycles. The zero-order valence-electron chi connectivity index (χ0n) is 11.0. The van der Waals surface area contributed by atoms with Crippen LogP contribution in [0.25, 0.3) is 0 Å². The van der Waals surface area contributed by atoms with E-state index in [0.717, 1.165) is 19.0 Å². The van der Waals surface area contributed by atoms with Crippen LogP contribution < -0.4 is 5.32 Å². The zero-order valence-corrected chi connectivity index (χ0v) is 12.6. The van der Waals surface area contributed by atoms with E-state index >= 15 is 0 Å². The number of nitrogens with one attached hydrogen (secondary N) is 1. The fraction of sp³-hybridized carbons (Fsp3) is 0.769. The molecule has 1 aromatic rings. The molecule has 1 aliphatic heterocycles. The Labute approximate surface area is 113 Å². The van der Waals surface area contributed by atoms with E-state index in [1.54, 1.807) is 0 Å². The maximum Gasteiger partial charge on any atom is 0.0981 e. The normalized spacial score (nSPS) is 21.0. The van der Waals surface area contributed by atoms with Gasteiger partial charge in [-0.1, -0.05) is 20.8 Å². The second-order valence-corrected chi connectivity index (χ2v) is 8.01. The average molecular weight is 270 g/mol. The molecule has 0 bridgehead atoms. The Balaban J connectivity index is 1.77. The minimum absolute atomic E-state index is 0.186. The van der Waals surface area contributed by atoms with Crippen LogP contribution in [0.4, 0.5) is 0 Å². The molecule has 0 aliphatic carbocycles. The van der Waals surface area contributed by atoms with Crippen molar-refractivity contribution >= 4 is 23.1 Å². The quantitative estimate of drug-likeness (QED) is 0.909. The molecule has 1 atom stereocenters. The first-order chi connectivity index (χ1) is 8.05. The molecule has 1 saturated heterocycles. The van der Waals surface area contributed by atoms with Gasteiger partial charge < -0.3 is 5.32 Å². The number of hydrogen-bond acceptors (Lipinski definition) is 4. The Morgan fingerprint density at radius 3 is 2.88 bits per heavy atom. The lowest BCUT2D eigenvalue weighted by molar-refractivity contribution is 0.525. The summed E-state index contributed by atoms with van der Waals surface area (Å²) in [6.07, 6.45) is 3.41. The van der Waals surface area contributed by atoms with Crippen molar-refractivity contribution in [2.24, 2.45) is 5.92 Å². The van der Waals surface area contributed by atoms with Gasteiger partial charge in [0.1, 0.15) is 0 Å². The predicted molar refractivity (Wildman–Crippen MR) is 78.0 cm³/mol. The molecule has 1 aliphatic rings. The third-order valence-corrected chi connectivity index (χ3v) is 5.61. The lowest BCUT2D eigenvalue weighted by Gasteiger charge is -2.13. The first-order valence-corrected chi connectivity index (χ1v) is 8.26. The van der Waals surface area contributed by atoms with Gasteiger partial charge >= 0.3 is 0 Å². The SMILES string of the molecule is CC(C)(C)c1ncc(CNCC2CCSC2)s1. The molecular weight excluding hydrogens is 248 g/mol. The molecule has 0 amide bonds. The molecule has 1 aromatic heterocycles. The van der Waals surface area contributed by atoms with Crippen molar-refractivity contribution in [1.29, 1.82) is 0 Å². The third kappa shape index (κ3) is 3.97. The molecule has 4 heteroatoms. The van der Waals surface area contributed by atoms with Crippen LogP contribution in [0.2, 0.25) is 0 Å². The predicted octanol–water partition coefficient (Wildman–Crippen LogP) is 3.28. The summed E-state index contributed by atoms with van der Waals surface area (Å²) in [4.78, 5) is 5.87. The van der Waals surface area contributed by atoms with Crippen LogP contribution in [-0.4, -0.2) is 23.0 Å². The Morgan fingerprint density at radius 2 is 2.29 bits per heavy atom. The van der Waals surface area contributed by atoms with Gasteiger partial charge in [-0.15, -0.1) is 11.3 Å². The van der Waals surface area contributed by atoms with Crippen molar-refractivity contribution < 1.29 is 0 Å². The number of thiazole rings is 1. The van der Waals surface area contributed by atoms with Crippen molar-refractivity contribution in [2.45, 2.75) is 39.2 Å². The van der Waals surface area contributed by atoms with E-state index in [-0.39, 0.29) is 5.41 Å². The van der Waals surface area contributed by atoms with Gasteiger partial charge in [0.15, 0.2) is 0 Å². The third-order valence-electron chi connectivity index (χ3n) is 2.95. The van der Waals surface area contributed by atoms with Crippen LogP contribution in [0.5, 0.6) is 0 Å². The lowest BCUT2D eigenvalue weighted by Crippen LogP contribution is -2.21. The average Bonchev–Trinajstić information content (AvgIpc) is 2.86. The van der Waals surface area contributed by atoms with Crippen LogP contribution in [0.15, 0.2) is 6.20 Å². The Kier molecular flexibility index (Phi) is 4.50. The van der Waals surface area contributed by atoms with Crippen LogP contribution in [0, 0.1) is 5.92 Å². The number of nitrogens with zero attached hydrogens (tertiary/aromatic N) is 1. The van der Waals surface area contributed by atoms with Crippen molar-refractivity contribution in [2.75, 3.05) is 18.1 Å². The van der Waals surface area contributed by atoms with Crippen LogP contribution in [-0.2, 0) is 12.0 Å². The summed E-state index contributed by atoms with van der Waals surface area (Å²) in [5, 5.41) is 4.81. The molecule has 0 saturated carbocycles. The number of thioether (sulfide) groups is 1. The zero-order chi connectivity index (χ0) is 12.3. The van der Waals surface area contributed by atoms with Crippen LogP contribution in [0.1, 0.15) is 37.1 Å². The van der Waals surface area contributed by atoms with E-state index in [1.807, 2.05) is 17.5 Å². The molecule has 0 radical (unpaired) electrons. The maximum absolute atomic E-state index is 4.51. The van der Waals surface area contributed by atoms with Gasteiger partial charge in [0.2, 0.25) is 0 Å². The Morgan fingerprint density at radius 1 is 1.47 bits per heavy atom. The van der Waals surface area contributed by atoms with Crippen molar-refractivity contribution in [3.05, 3.63) is 16.1 Å². The van der Waals surface area contributed by atoms with Gasteiger partial charge in [0.25, 0.3) is 0 Å². The van der Waals surface area contributed by atoms with E-state index in [9.17, 15) is 0 Å².